The number of nitrogens with one attached hydrogen (secondary N) is 1. The molecule has 0 saturated carbocycles. The van der Waals surface area contributed by atoms with E-state index in [9.17, 15) is 4.79 Å². The number of benzene rings is 1. The normalized spacial score (nSPS) is 17.5. The van der Waals surface area contributed by atoms with Crippen molar-refractivity contribution in [3.05, 3.63) is 47.6 Å². The summed E-state index contributed by atoms with van der Waals surface area (Å²) in [5.41, 5.74) is 0.563. The van der Waals surface area contributed by atoms with E-state index in [1.165, 1.54) is 6.20 Å². The maximum absolute atomic E-state index is 12.0. The van der Waals surface area contributed by atoms with E-state index in [4.69, 9.17) is 25.8 Å². The minimum absolute atomic E-state index is 0.252. The molecule has 1 amide bonds. The summed E-state index contributed by atoms with van der Waals surface area (Å²) in [5.74, 6) is 0.798. The number of anilines is 1. The number of hydrogen-bond acceptors (Lipinski definition) is 5. The molecule has 1 aliphatic rings. The minimum Gasteiger partial charge on any atom is -0.439 e. The van der Waals surface area contributed by atoms with Crippen molar-refractivity contribution in [2.45, 2.75) is 6.10 Å². The second-order valence-electron chi connectivity index (χ2n) is 4.86. The van der Waals surface area contributed by atoms with Gasteiger partial charge in [0, 0.05) is 11.1 Å². The maximum Gasteiger partial charge on any atom is 0.255 e. The fraction of sp³-hybridized carbons (Fsp3) is 0.250. The maximum atomic E-state index is 12.0. The molecule has 0 radical (unpaired) electrons. The van der Waals surface area contributed by atoms with Gasteiger partial charge in [0.1, 0.15) is 5.75 Å². The van der Waals surface area contributed by atoms with E-state index in [1.54, 1.807) is 36.4 Å². The van der Waals surface area contributed by atoms with Crippen LogP contribution in [0.1, 0.15) is 0 Å². The third-order valence-electron chi connectivity index (χ3n) is 3.15. The number of ether oxygens (including phenoxy) is 3. The van der Waals surface area contributed by atoms with E-state index in [2.05, 4.69) is 10.3 Å². The van der Waals surface area contributed by atoms with Crippen molar-refractivity contribution < 1.29 is 19.0 Å². The summed E-state index contributed by atoms with van der Waals surface area (Å²) in [6.07, 6.45) is 0.932. The molecule has 2 aromatic rings. The first-order chi connectivity index (χ1) is 11.2. The highest BCUT2D eigenvalue weighted by atomic mass is 35.5. The standard InChI is InChI=1S/C16H15ClN2O4/c17-11-1-4-13(5-2-11)23-15-6-3-12(9-18-15)19-16(20)14-10-21-7-8-22-14/h1-6,9,14H,7-8,10H2,(H,19,20). The summed E-state index contributed by atoms with van der Waals surface area (Å²) in [7, 11) is 0. The van der Waals surface area contributed by atoms with Gasteiger partial charge in [-0.25, -0.2) is 4.98 Å². The van der Waals surface area contributed by atoms with Crippen LogP contribution in [-0.2, 0) is 14.3 Å². The summed E-state index contributed by atoms with van der Waals surface area (Å²) in [4.78, 5) is 16.1. The van der Waals surface area contributed by atoms with Crippen LogP contribution in [0.5, 0.6) is 11.6 Å². The van der Waals surface area contributed by atoms with E-state index < -0.39 is 6.10 Å². The van der Waals surface area contributed by atoms with E-state index in [0.29, 0.717) is 35.6 Å². The number of carbonyl (C=O) groups excluding carboxylic acids is 1. The van der Waals surface area contributed by atoms with Crippen LogP contribution in [0, 0.1) is 0 Å². The highest BCUT2D eigenvalue weighted by molar-refractivity contribution is 6.30. The minimum atomic E-state index is -0.589. The molecule has 1 saturated heterocycles. The lowest BCUT2D eigenvalue weighted by Gasteiger charge is -2.21. The molecule has 6 nitrogen and oxygen atoms in total. The Hall–Kier alpha value is -2.15. The van der Waals surface area contributed by atoms with Crippen molar-refractivity contribution in [2.24, 2.45) is 0 Å². The fourth-order valence-corrected chi connectivity index (χ4v) is 2.13. The Morgan fingerprint density at radius 3 is 2.70 bits per heavy atom. The molecule has 1 atom stereocenters. The smallest absolute Gasteiger partial charge is 0.255 e. The molecule has 23 heavy (non-hydrogen) atoms. The molecule has 1 aliphatic heterocycles. The number of rotatable bonds is 4. The molecule has 3 rings (SSSR count). The molecule has 2 heterocycles. The van der Waals surface area contributed by atoms with Crippen molar-refractivity contribution >= 4 is 23.2 Å². The molecular weight excluding hydrogens is 320 g/mol. The zero-order chi connectivity index (χ0) is 16.1. The Morgan fingerprint density at radius 1 is 1.22 bits per heavy atom. The first kappa shape index (κ1) is 15.7. The van der Waals surface area contributed by atoms with Crippen molar-refractivity contribution in [2.75, 3.05) is 25.1 Å². The first-order valence-corrected chi connectivity index (χ1v) is 7.48. The van der Waals surface area contributed by atoms with Gasteiger partial charge < -0.3 is 19.5 Å². The molecule has 1 N–H and O–H groups in total. The molecule has 0 aliphatic carbocycles. The van der Waals surface area contributed by atoms with Crippen LogP contribution >= 0.6 is 11.6 Å². The monoisotopic (exact) mass is 334 g/mol. The summed E-state index contributed by atoms with van der Waals surface area (Å²) < 4.78 is 16.1. The number of pyridine rings is 1. The lowest BCUT2D eigenvalue weighted by atomic mass is 10.3. The highest BCUT2D eigenvalue weighted by Gasteiger charge is 2.22. The van der Waals surface area contributed by atoms with Gasteiger partial charge in [-0.05, 0) is 30.3 Å². The Labute approximate surface area is 138 Å². The summed E-state index contributed by atoms with van der Waals surface area (Å²) >= 11 is 5.82. The van der Waals surface area contributed by atoms with Crippen molar-refractivity contribution in [3.8, 4) is 11.6 Å². The van der Waals surface area contributed by atoms with Gasteiger partial charge in [-0.2, -0.15) is 0 Å². The van der Waals surface area contributed by atoms with E-state index in [1.807, 2.05) is 0 Å². The van der Waals surface area contributed by atoms with Gasteiger partial charge in [0.05, 0.1) is 31.7 Å². The quantitative estimate of drug-likeness (QED) is 0.931. The largest absolute Gasteiger partial charge is 0.439 e. The molecular formula is C16H15ClN2O4. The van der Waals surface area contributed by atoms with E-state index in [-0.39, 0.29) is 12.5 Å². The Bertz CT molecular complexity index is 655. The van der Waals surface area contributed by atoms with Crippen LogP contribution in [0.2, 0.25) is 5.02 Å². The predicted molar refractivity (Wildman–Crippen MR) is 85.0 cm³/mol. The van der Waals surface area contributed by atoms with Gasteiger partial charge >= 0.3 is 0 Å². The zero-order valence-corrected chi connectivity index (χ0v) is 13.0. The summed E-state index contributed by atoms with van der Waals surface area (Å²) in [5, 5.41) is 3.37. The lowest BCUT2D eigenvalue weighted by Crippen LogP contribution is -2.39. The molecule has 120 valence electrons. The van der Waals surface area contributed by atoms with Crippen LogP contribution in [0.15, 0.2) is 42.6 Å². The fourth-order valence-electron chi connectivity index (χ4n) is 2.00. The number of halogens is 1. The highest BCUT2D eigenvalue weighted by Crippen LogP contribution is 2.22. The molecule has 0 spiro atoms. The van der Waals surface area contributed by atoms with Gasteiger partial charge in [-0.1, -0.05) is 11.6 Å². The lowest BCUT2D eigenvalue weighted by molar-refractivity contribution is -0.142. The average molecular weight is 335 g/mol. The van der Waals surface area contributed by atoms with Gasteiger partial charge in [0.25, 0.3) is 5.91 Å². The topological polar surface area (TPSA) is 69.7 Å². The van der Waals surface area contributed by atoms with Crippen LogP contribution < -0.4 is 10.1 Å². The van der Waals surface area contributed by atoms with E-state index in [0.717, 1.165) is 0 Å². The Balaban J connectivity index is 1.58. The van der Waals surface area contributed by atoms with Crippen LogP contribution in [0.3, 0.4) is 0 Å². The number of amides is 1. The molecule has 1 aromatic carbocycles. The van der Waals surface area contributed by atoms with Crippen LogP contribution in [-0.4, -0.2) is 36.8 Å². The molecule has 7 heteroatoms. The molecule has 0 bridgehead atoms. The van der Waals surface area contributed by atoms with Crippen LogP contribution in [0.4, 0.5) is 5.69 Å². The first-order valence-electron chi connectivity index (χ1n) is 7.10. The summed E-state index contributed by atoms with van der Waals surface area (Å²) in [6, 6.07) is 10.3. The van der Waals surface area contributed by atoms with Gasteiger partial charge in [0.15, 0.2) is 6.10 Å². The van der Waals surface area contributed by atoms with Crippen LogP contribution in [0.25, 0.3) is 0 Å². The Kier molecular flexibility index (Phi) is 5.07. The van der Waals surface area contributed by atoms with Gasteiger partial charge in [0.2, 0.25) is 5.88 Å². The van der Waals surface area contributed by atoms with Gasteiger partial charge in [-0.3, -0.25) is 4.79 Å². The van der Waals surface area contributed by atoms with Crippen molar-refractivity contribution in [1.82, 2.24) is 4.98 Å². The molecule has 1 fully saturated rings. The molecule has 1 aromatic heterocycles. The summed E-state index contributed by atoms with van der Waals surface area (Å²) in [6.45, 7) is 1.20. The number of carbonyl (C=O) groups is 1. The predicted octanol–water partition coefficient (Wildman–Crippen LogP) is 2.88. The SMILES string of the molecule is O=C(Nc1ccc(Oc2ccc(Cl)cc2)nc1)C1COCCO1. The molecule has 1 unspecified atom stereocenters. The second kappa shape index (κ2) is 7.41. The zero-order valence-electron chi connectivity index (χ0n) is 12.2. The Morgan fingerprint density at radius 2 is 2.04 bits per heavy atom. The number of nitrogens with zero attached hydrogens (tertiary/aromatic N) is 1. The number of hydrogen-bond donors (Lipinski definition) is 1. The average Bonchev–Trinajstić information content (AvgIpc) is 2.59. The third-order valence-corrected chi connectivity index (χ3v) is 3.40. The second-order valence-corrected chi connectivity index (χ2v) is 5.30. The van der Waals surface area contributed by atoms with Crippen molar-refractivity contribution in [1.29, 1.82) is 0 Å². The van der Waals surface area contributed by atoms with Gasteiger partial charge in [-0.15, -0.1) is 0 Å². The third kappa shape index (κ3) is 4.41. The van der Waals surface area contributed by atoms with Crippen molar-refractivity contribution in [3.63, 3.8) is 0 Å². The number of aromatic nitrogens is 1. The van der Waals surface area contributed by atoms with E-state index >= 15 is 0 Å².